The number of carbonyl (C=O) groups excluding carboxylic acids is 1. The maximum absolute atomic E-state index is 12.1. The number of nitrogens with one attached hydrogen (secondary N) is 1. The van der Waals surface area contributed by atoms with Gasteiger partial charge in [0.15, 0.2) is 5.69 Å². The average Bonchev–Trinajstić information content (AvgIpc) is 2.92. The molecule has 2 amide bonds. The van der Waals surface area contributed by atoms with Crippen LogP contribution in [0.1, 0.15) is 36.2 Å². The van der Waals surface area contributed by atoms with Crippen LogP contribution in [0.4, 0.5) is 10.5 Å². The molecular formula is C13H17N3O3. The average molecular weight is 263 g/mol. The number of pyridine rings is 1. The maximum Gasteiger partial charge on any atom is 0.356 e. The van der Waals surface area contributed by atoms with E-state index in [0.717, 1.165) is 25.7 Å². The molecule has 19 heavy (non-hydrogen) atoms. The molecule has 102 valence electrons. The van der Waals surface area contributed by atoms with Crippen molar-refractivity contribution in [3.05, 3.63) is 24.0 Å². The molecule has 1 aliphatic rings. The van der Waals surface area contributed by atoms with E-state index < -0.39 is 5.97 Å². The molecule has 0 radical (unpaired) electrons. The van der Waals surface area contributed by atoms with Crippen LogP contribution in [0, 0.1) is 0 Å². The first kappa shape index (κ1) is 13.3. The topological polar surface area (TPSA) is 82.5 Å². The number of carbonyl (C=O) groups is 2. The molecule has 2 N–H and O–H groups in total. The molecule has 2 rings (SSSR count). The highest BCUT2D eigenvalue weighted by molar-refractivity contribution is 5.98. The summed E-state index contributed by atoms with van der Waals surface area (Å²) in [6.45, 7) is 0. The van der Waals surface area contributed by atoms with E-state index in [9.17, 15) is 9.59 Å². The number of aromatic nitrogens is 1. The smallest absolute Gasteiger partial charge is 0.356 e. The van der Waals surface area contributed by atoms with Gasteiger partial charge < -0.3 is 15.3 Å². The number of rotatable bonds is 3. The molecule has 0 unspecified atom stereocenters. The lowest BCUT2D eigenvalue weighted by Crippen LogP contribution is -2.38. The van der Waals surface area contributed by atoms with Gasteiger partial charge in [-0.2, -0.15) is 0 Å². The molecule has 0 saturated heterocycles. The van der Waals surface area contributed by atoms with Gasteiger partial charge in [-0.05, 0) is 25.0 Å². The molecule has 0 atom stereocenters. The zero-order chi connectivity index (χ0) is 13.8. The largest absolute Gasteiger partial charge is 0.476 e. The van der Waals surface area contributed by atoms with Crippen LogP contribution in [0.25, 0.3) is 0 Å². The Balaban J connectivity index is 2.08. The van der Waals surface area contributed by atoms with Gasteiger partial charge in [0.1, 0.15) is 0 Å². The minimum atomic E-state index is -1.15. The Hall–Kier alpha value is -2.11. The molecule has 0 aliphatic heterocycles. The van der Waals surface area contributed by atoms with E-state index in [4.69, 9.17) is 5.11 Å². The molecule has 1 aromatic rings. The monoisotopic (exact) mass is 263 g/mol. The molecule has 1 heterocycles. The predicted molar refractivity (Wildman–Crippen MR) is 70.2 cm³/mol. The molecular weight excluding hydrogens is 246 g/mol. The van der Waals surface area contributed by atoms with Crippen molar-refractivity contribution in [2.45, 2.75) is 31.7 Å². The third kappa shape index (κ3) is 3.01. The number of anilines is 1. The predicted octanol–water partition coefficient (Wildman–Crippen LogP) is 2.19. The van der Waals surface area contributed by atoms with Gasteiger partial charge in [-0.15, -0.1) is 0 Å². The Morgan fingerprint density at radius 3 is 2.74 bits per heavy atom. The van der Waals surface area contributed by atoms with Gasteiger partial charge in [-0.25, -0.2) is 14.6 Å². The van der Waals surface area contributed by atoms with Crippen molar-refractivity contribution in [3.8, 4) is 0 Å². The maximum atomic E-state index is 12.1. The van der Waals surface area contributed by atoms with Crippen LogP contribution in [-0.2, 0) is 0 Å². The molecule has 6 nitrogen and oxygen atoms in total. The standard InChI is InChI=1S/C13H17N3O3/c1-16(9-5-2-3-6-9)13(19)15-10-7-4-8-14-11(10)12(17)18/h4,7-9H,2-3,5-6H2,1H3,(H,15,19)(H,17,18). The molecule has 1 aliphatic carbocycles. The Morgan fingerprint density at radius 2 is 2.11 bits per heavy atom. The second kappa shape index (κ2) is 5.69. The lowest BCUT2D eigenvalue weighted by Gasteiger charge is -2.24. The lowest BCUT2D eigenvalue weighted by atomic mass is 10.2. The van der Waals surface area contributed by atoms with Gasteiger partial charge in [-0.3, -0.25) is 0 Å². The Morgan fingerprint density at radius 1 is 1.42 bits per heavy atom. The summed E-state index contributed by atoms with van der Waals surface area (Å²) in [5.41, 5.74) is 0.0838. The number of carboxylic acid groups (broad SMARTS) is 1. The third-order valence-electron chi connectivity index (χ3n) is 3.44. The van der Waals surface area contributed by atoms with Crippen LogP contribution in [0.3, 0.4) is 0 Å². The van der Waals surface area contributed by atoms with Gasteiger partial charge >= 0.3 is 12.0 Å². The van der Waals surface area contributed by atoms with Gasteiger partial charge in [0, 0.05) is 19.3 Å². The number of hydrogen-bond acceptors (Lipinski definition) is 3. The zero-order valence-electron chi connectivity index (χ0n) is 10.8. The van der Waals surface area contributed by atoms with E-state index in [-0.39, 0.29) is 23.5 Å². The summed E-state index contributed by atoms with van der Waals surface area (Å²) in [7, 11) is 1.74. The first-order chi connectivity index (χ1) is 9.09. The molecule has 0 spiro atoms. The van der Waals surface area contributed by atoms with Crippen molar-refractivity contribution in [2.24, 2.45) is 0 Å². The fraction of sp³-hybridized carbons (Fsp3) is 0.462. The highest BCUT2D eigenvalue weighted by Crippen LogP contribution is 2.23. The van der Waals surface area contributed by atoms with E-state index in [1.54, 1.807) is 18.0 Å². The van der Waals surface area contributed by atoms with E-state index in [1.165, 1.54) is 12.3 Å². The fourth-order valence-corrected chi connectivity index (χ4v) is 2.34. The highest BCUT2D eigenvalue weighted by atomic mass is 16.4. The van der Waals surface area contributed by atoms with Crippen LogP contribution in [0.2, 0.25) is 0 Å². The van der Waals surface area contributed by atoms with Crippen LogP contribution >= 0.6 is 0 Å². The molecule has 1 saturated carbocycles. The molecule has 0 aromatic carbocycles. The molecule has 0 bridgehead atoms. The van der Waals surface area contributed by atoms with Crippen LogP contribution < -0.4 is 5.32 Å². The summed E-state index contributed by atoms with van der Waals surface area (Å²) in [6, 6.07) is 3.08. The van der Waals surface area contributed by atoms with E-state index >= 15 is 0 Å². The first-order valence-corrected chi connectivity index (χ1v) is 6.31. The van der Waals surface area contributed by atoms with Crippen molar-refractivity contribution < 1.29 is 14.7 Å². The van der Waals surface area contributed by atoms with Crippen LogP contribution in [-0.4, -0.2) is 40.1 Å². The van der Waals surface area contributed by atoms with Gasteiger partial charge in [0.25, 0.3) is 0 Å². The Kier molecular flexibility index (Phi) is 3.99. The van der Waals surface area contributed by atoms with Crippen LogP contribution in [0.5, 0.6) is 0 Å². The fourth-order valence-electron chi connectivity index (χ4n) is 2.34. The Labute approximate surface area is 111 Å². The number of amides is 2. The SMILES string of the molecule is CN(C(=O)Nc1cccnc1C(=O)O)C1CCCC1. The summed E-state index contributed by atoms with van der Waals surface area (Å²) in [4.78, 5) is 28.5. The Bertz CT molecular complexity index is 484. The normalized spacial score (nSPS) is 15.2. The quantitative estimate of drug-likeness (QED) is 0.875. The van der Waals surface area contributed by atoms with Gasteiger partial charge in [0.2, 0.25) is 0 Å². The van der Waals surface area contributed by atoms with Crippen LogP contribution in [0.15, 0.2) is 18.3 Å². The third-order valence-corrected chi connectivity index (χ3v) is 3.44. The van der Waals surface area contributed by atoms with E-state index in [1.807, 2.05) is 0 Å². The van der Waals surface area contributed by atoms with Gasteiger partial charge in [-0.1, -0.05) is 12.8 Å². The lowest BCUT2D eigenvalue weighted by molar-refractivity contribution is 0.0691. The number of hydrogen-bond donors (Lipinski definition) is 2. The minimum absolute atomic E-state index is 0.143. The number of nitrogens with zero attached hydrogens (tertiary/aromatic N) is 2. The van der Waals surface area contributed by atoms with Crippen molar-refractivity contribution in [1.29, 1.82) is 0 Å². The zero-order valence-corrected chi connectivity index (χ0v) is 10.8. The summed E-state index contributed by atoms with van der Waals surface area (Å²) in [6.07, 6.45) is 5.66. The van der Waals surface area contributed by atoms with E-state index in [0.29, 0.717) is 0 Å². The molecule has 1 aromatic heterocycles. The second-order valence-corrected chi connectivity index (χ2v) is 4.68. The van der Waals surface area contributed by atoms with Crippen molar-refractivity contribution in [1.82, 2.24) is 9.88 Å². The molecule has 6 heteroatoms. The van der Waals surface area contributed by atoms with Gasteiger partial charge in [0.05, 0.1) is 5.69 Å². The summed E-state index contributed by atoms with van der Waals surface area (Å²) < 4.78 is 0. The summed E-state index contributed by atoms with van der Waals surface area (Å²) in [5, 5.41) is 11.6. The van der Waals surface area contributed by atoms with E-state index in [2.05, 4.69) is 10.3 Å². The number of urea groups is 1. The number of aromatic carboxylic acids is 1. The van der Waals surface area contributed by atoms with Crippen molar-refractivity contribution in [3.63, 3.8) is 0 Å². The second-order valence-electron chi connectivity index (χ2n) is 4.68. The van der Waals surface area contributed by atoms with Crippen molar-refractivity contribution in [2.75, 3.05) is 12.4 Å². The minimum Gasteiger partial charge on any atom is -0.476 e. The highest BCUT2D eigenvalue weighted by Gasteiger charge is 2.24. The summed E-state index contributed by atoms with van der Waals surface area (Å²) in [5.74, 6) is -1.15. The number of carboxylic acids is 1. The first-order valence-electron chi connectivity index (χ1n) is 6.31. The molecule has 1 fully saturated rings. The van der Waals surface area contributed by atoms with Crippen molar-refractivity contribution >= 4 is 17.7 Å². The summed E-state index contributed by atoms with van der Waals surface area (Å²) >= 11 is 0.